The molecule has 0 aliphatic carbocycles. The Labute approximate surface area is 168 Å². The van der Waals surface area contributed by atoms with Crippen LogP contribution >= 0.6 is 0 Å². The highest BCUT2D eigenvalue weighted by Crippen LogP contribution is 2.23. The van der Waals surface area contributed by atoms with Gasteiger partial charge in [-0.1, -0.05) is 31.9 Å². The second kappa shape index (κ2) is 13.6. The van der Waals surface area contributed by atoms with Gasteiger partial charge in [0.15, 0.2) is 0 Å². The molecular weight excluding hydrogens is 356 g/mol. The van der Waals surface area contributed by atoms with Crippen LogP contribution in [0.15, 0.2) is 36.4 Å². The standard InChI is InChI=1S/C22H32N2O4/c1-4-6-7-8-9-10-11-19(20(25)16-23)21(22(26)28-5-2)24-17-12-14-18(27-3)15-13-17/h9-10,12-15,19-21,24-25H,4-8,11H2,1-3H3/b10-9+/t19-,20+,21+/m1/s1. The fraction of sp³-hybridized carbons (Fsp3) is 0.545. The highest BCUT2D eigenvalue weighted by molar-refractivity contribution is 5.80. The van der Waals surface area contributed by atoms with Gasteiger partial charge in [-0.15, -0.1) is 0 Å². The summed E-state index contributed by atoms with van der Waals surface area (Å²) in [4.78, 5) is 12.6. The van der Waals surface area contributed by atoms with Crippen LogP contribution in [0.1, 0.15) is 46.0 Å². The van der Waals surface area contributed by atoms with Gasteiger partial charge in [-0.25, -0.2) is 4.79 Å². The first-order chi connectivity index (χ1) is 13.6. The van der Waals surface area contributed by atoms with Crippen molar-refractivity contribution in [3.8, 4) is 11.8 Å². The smallest absolute Gasteiger partial charge is 0.328 e. The quantitative estimate of drug-likeness (QED) is 0.229. The van der Waals surface area contributed by atoms with Crippen LogP contribution in [0.2, 0.25) is 0 Å². The minimum absolute atomic E-state index is 0.224. The monoisotopic (exact) mass is 388 g/mol. The van der Waals surface area contributed by atoms with E-state index in [1.54, 1.807) is 38.3 Å². The zero-order valence-corrected chi connectivity index (χ0v) is 17.1. The van der Waals surface area contributed by atoms with Crippen LogP contribution in [0.25, 0.3) is 0 Å². The zero-order valence-electron chi connectivity index (χ0n) is 17.1. The second-order valence-electron chi connectivity index (χ2n) is 6.54. The summed E-state index contributed by atoms with van der Waals surface area (Å²) in [6.45, 7) is 4.10. The van der Waals surface area contributed by atoms with Crippen LogP contribution in [0.3, 0.4) is 0 Å². The largest absolute Gasteiger partial charge is 0.497 e. The number of aliphatic hydroxyl groups excluding tert-OH is 1. The molecule has 3 atom stereocenters. The second-order valence-corrected chi connectivity index (χ2v) is 6.54. The maximum Gasteiger partial charge on any atom is 0.328 e. The summed E-state index contributed by atoms with van der Waals surface area (Å²) in [6.07, 6.45) is 7.45. The molecule has 0 aliphatic rings. The van der Waals surface area contributed by atoms with E-state index in [1.165, 1.54) is 6.42 Å². The third-order valence-corrected chi connectivity index (χ3v) is 4.47. The Hall–Kier alpha value is -2.52. The van der Waals surface area contributed by atoms with Crippen molar-refractivity contribution in [1.29, 1.82) is 5.26 Å². The lowest BCUT2D eigenvalue weighted by Gasteiger charge is -2.27. The van der Waals surface area contributed by atoms with E-state index in [1.807, 2.05) is 18.2 Å². The molecule has 0 saturated heterocycles. The molecule has 0 spiro atoms. The number of rotatable bonds is 13. The molecule has 0 radical (unpaired) electrons. The summed E-state index contributed by atoms with van der Waals surface area (Å²) in [5, 5.41) is 22.6. The Morgan fingerprint density at radius 3 is 2.54 bits per heavy atom. The van der Waals surface area contributed by atoms with Gasteiger partial charge >= 0.3 is 5.97 Å². The van der Waals surface area contributed by atoms with E-state index < -0.39 is 24.0 Å². The number of ether oxygens (including phenoxy) is 2. The van der Waals surface area contributed by atoms with Gasteiger partial charge in [0.1, 0.15) is 17.9 Å². The molecule has 0 aliphatic heterocycles. The molecule has 0 heterocycles. The maximum atomic E-state index is 12.6. The number of aliphatic hydroxyl groups is 1. The molecule has 6 nitrogen and oxygen atoms in total. The highest BCUT2D eigenvalue weighted by atomic mass is 16.5. The van der Waals surface area contributed by atoms with Crippen molar-refractivity contribution >= 4 is 11.7 Å². The number of hydrogen-bond donors (Lipinski definition) is 2. The molecule has 6 heteroatoms. The lowest BCUT2D eigenvalue weighted by Crippen LogP contribution is -2.43. The van der Waals surface area contributed by atoms with E-state index in [9.17, 15) is 15.2 Å². The summed E-state index contributed by atoms with van der Waals surface area (Å²) in [5.74, 6) is -0.424. The molecule has 1 aromatic carbocycles. The predicted molar refractivity (Wildman–Crippen MR) is 110 cm³/mol. The normalized spacial score (nSPS) is 14.1. The Balaban J connectivity index is 2.95. The molecule has 0 aromatic heterocycles. The number of benzene rings is 1. The number of allylic oxidation sites excluding steroid dienone is 2. The fourth-order valence-electron chi connectivity index (χ4n) is 2.87. The van der Waals surface area contributed by atoms with Crippen LogP contribution in [0.4, 0.5) is 5.69 Å². The van der Waals surface area contributed by atoms with Crippen molar-refractivity contribution < 1.29 is 19.4 Å². The van der Waals surface area contributed by atoms with E-state index in [2.05, 4.69) is 12.2 Å². The number of methoxy groups -OCH3 is 1. The van der Waals surface area contributed by atoms with Crippen LogP contribution < -0.4 is 10.1 Å². The Bertz CT molecular complexity index is 637. The van der Waals surface area contributed by atoms with Gasteiger partial charge < -0.3 is 19.9 Å². The number of esters is 1. The van der Waals surface area contributed by atoms with Gasteiger partial charge in [-0.3, -0.25) is 0 Å². The number of unbranched alkanes of at least 4 members (excludes halogenated alkanes) is 3. The third kappa shape index (κ3) is 8.01. The molecule has 2 N–H and O–H groups in total. The topological polar surface area (TPSA) is 91.6 Å². The van der Waals surface area contributed by atoms with E-state index in [0.717, 1.165) is 19.3 Å². The number of nitrogens with zero attached hydrogens (tertiary/aromatic N) is 1. The van der Waals surface area contributed by atoms with E-state index in [4.69, 9.17) is 9.47 Å². The molecule has 0 amide bonds. The molecule has 0 bridgehead atoms. The lowest BCUT2D eigenvalue weighted by atomic mass is 9.90. The van der Waals surface area contributed by atoms with E-state index in [0.29, 0.717) is 17.9 Å². The van der Waals surface area contributed by atoms with Crippen LogP contribution in [0.5, 0.6) is 5.75 Å². The van der Waals surface area contributed by atoms with Crippen molar-refractivity contribution in [3.63, 3.8) is 0 Å². The molecule has 0 unspecified atom stereocenters. The average molecular weight is 389 g/mol. The minimum Gasteiger partial charge on any atom is -0.497 e. The van der Waals surface area contributed by atoms with Gasteiger partial charge in [-0.05, 0) is 50.5 Å². The number of carbonyl (C=O) groups is 1. The van der Waals surface area contributed by atoms with Crippen LogP contribution in [-0.2, 0) is 9.53 Å². The SMILES string of the molecule is CCCCC/C=C/C[C@@H]([C@H](Nc1ccc(OC)cc1)C(=O)OCC)[C@@H](O)C#N. The maximum absolute atomic E-state index is 12.6. The first-order valence-corrected chi connectivity index (χ1v) is 9.87. The molecule has 154 valence electrons. The molecular formula is C22H32N2O4. The zero-order chi connectivity index (χ0) is 20.8. The Morgan fingerprint density at radius 1 is 1.25 bits per heavy atom. The molecule has 28 heavy (non-hydrogen) atoms. The van der Waals surface area contributed by atoms with E-state index >= 15 is 0 Å². The first kappa shape index (κ1) is 23.5. The van der Waals surface area contributed by atoms with E-state index in [-0.39, 0.29) is 6.61 Å². The van der Waals surface area contributed by atoms with Crippen LogP contribution in [0, 0.1) is 17.2 Å². The Morgan fingerprint density at radius 2 is 1.96 bits per heavy atom. The highest BCUT2D eigenvalue weighted by Gasteiger charge is 2.34. The van der Waals surface area contributed by atoms with Crippen LogP contribution in [-0.4, -0.2) is 36.9 Å². The van der Waals surface area contributed by atoms with Gasteiger partial charge in [0.25, 0.3) is 0 Å². The number of carbonyl (C=O) groups excluding carboxylic acids is 1. The van der Waals surface area contributed by atoms with Gasteiger partial charge in [-0.2, -0.15) is 5.26 Å². The Kier molecular flexibility index (Phi) is 11.4. The molecule has 0 fully saturated rings. The van der Waals surface area contributed by atoms with Crippen molar-refractivity contribution in [1.82, 2.24) is 0 Å². The summed E-state index contributed by atoms with van der Waals surface area (Å²) >= 11 is 0. The van der Waals surface area contributed by atoms with Crippen molar-refractivity contribution in [2.45, 2.75) is 58.1 Å². The average Bonchev–Trinajstić information content (AvgIpc) is 2.72. The molecule has 0 saturated carbocycles. The van der Waals surface area contributed by atoms with Gasteiger partial charge in [0, 0.05) is 11.6 Å². The van der Waals surface area contributed by atoms with Crippen molar-refractivity contribution in [2.75, 3.05) is 19.0 Å². The first-order valence-electron chi connectivity index (χ1n) is 9.87. The summed E-state index contributed by atoms with van der Waals surface area (Å²) in [5.41, 5.74) is 0.681. The number of hydrogen-bond acceptors (Lipinski definition) is 6. The summed E-state index contributed by atoms with van der Waals surface area (Å²) in [6, 6.07) is 8.12. The van der Waals surface area contributed by atoms with Crippen molar-refractivity contribution in [3.05, 3.63) is 36.4 Å². The summed E-state index contributed by atoms with van der Waals surface area (Å²) in [7, 11) is 1.58. The van der Waals surface area contributed by atoms with Gasteiger partial charge in [0.2, 0.25) is 0 Å². The summed E-state index contributed by atoms with van der Waals surface area (Å²) < 4.78 is 10.3. The van der Waals surface area contributed by atoms with Crippen molar-refractivity contribution in [2.24, 2.45) is 5.92 Å². The molecule has 1 rings (SSSR count). The fourth-order valence-corrected chi connectivity index (χ4v) is 2.87. The third-order valence-electron chi connectivity index (χ3n) is 4.47. The predicted octanol–water partition coefficient (Wildman–Crippen LogP) is 4.07. The molecule has 1 aromatic rings. The van der Waals surface area contributed by atoms with Gasteiger partial charge in [0.05, 0.1) is 19.8 Å². The number of nitrogens with one attached hydrogen (secondary N) is 1. The number of anilines is 1. The lowest BCUT2D eigenvalue weighted by molar-refractivity contribution is -0.146. The minimum atomic E-state index is -1.29. The number of nitriles is 1.